The van der Waals surface area contributed by atoms with Gasteiger partial charge in [-0.25, -0.2) is 8.78 Å². The van der Waals surface area contributed by atoms with Gasteiger partial charge in [-0.2, -0.15) is 0 Å². The summed E-state index contributed by atoms with van der Waals surface area (Å²) in [7, 11) is 0. The maximum Gasteiger partial charge on any atom is 0.189 e. The lowest BCUT2D eigenvalue weighted by Crippen LogP contribution is -2.13. The zero-order chi connectivity index (χ0) is 14.1. The van der Waals surface area contributed by atoms with Gasteiger partial charge in [0.2, 0.25) is 0 Å². The molecule has 1 aliphatic carbocycles. The second kappa shape index (κ2) is 5.00. The highest BCUT2D eigenvalue weighted by Crippen LogP contribution is 2.27. The van der Waals surface area contributed by atoms with Crippen molar-refractivity contribution in [2.45, 2.75) is 12.8 Å². The Morgan fingerprint density at radius 2 is 1.80 bits per heavy atom. The molecular weight excluding hydrogens is 258 g/mol. The van der Waals surface area contributed by atoms with Crippen LogP contribution >= 0.6 is 0 Å². The lowest BCUT2D eigenvalue weighted by Gasteiger charge is -2.17. The number of carbonyl (C=O) groups excluding carboxylic acids is 1. The van der Waals surface area contributed by atoms with Gasteiger partial charge in [-0.1, -0.05) is 24.3 Å². The molecule has 20 heavy (non-hydrogen) atoms. The molecule has 0 atom stereocenters. The minimum Gasteiger partial charge on any atom is -0.289 e. The summed E-state index contributed by atoms with van der Waals surface area (Å²) in [6.45, 7) is 0. The third kappa shape index (κ3) is 2.27. The van der Waals surface area contributed by atoms with Crippen molar-refractivity contribution >= 4 is 11.9 Å². The average Bonchev–Trinajstić information content (AvgIpc) is 2.45. The van der Waals surface area contributed by atoms with Crippen LogP contribution in [0.3, 0.4) is 0 Å². The number of benzene rings is 2. The fraction of sp³-hybridized carbons (Fsp3) is 0.118. The van der Waals surface area contributed by atoms with Gasteiger partial charge < -0.3 is 0 Å². The molecule has 0 saturated heterocycles. The number of rotatable bonds is 1. The molecule has 0 unspecified atom stereocenters. The molecule has 0 aliphatic heterocycles. The number of aryl methyl sites for hydroxylation is 1. The largest absolute Gasteiger partial charge is 0.289 e. The van der Waals surface area contributed by atoms with E-state index in [1.807, 2.05) is 18.2 Å². The van der Waals surface area contributed by atoms with Crippen molar-refractivity contribution < 1.29 is 13.6 Å². The van der Waals surface area contributed by atoms with Crippen molar-refractivity contribution in [2.24, 2.45) is 0 Å². The van der Waals surface area contributed by atoms with Gasteiger partial charge in [0.25, 0.3) is 0 Å². The van der Waals surface area contributed by atoms with Crippen LogP contribution in [0.4, 0.5) is 8.78 Å². The Hall–Kier alpha value is -2.29. The first kappa shape index (κ1) is 12.7. The van der Waals surface area contributed by atoms with E-state index in [-0.39, 0.29) is 11.3 Å². The lowest BCUT2D eigenvalue weighted by atomic mass is 9.86. The Bertz CT molecular complexity index is 717. The summed E-state index contributed by atoms with van der Waals surface area (Å²) in [5.74, 6) is -1.34. The van der Waals surface area contributed by atoms with Crippen molar-refractivity contribution in [1.29, 1.82) is 0 Å². The zero-order valence-corrected chi connectivity index (χ0v) is 10.7. The van der Waals surface area contributed by atoms with Crippen LogP contribution in [-0.4, -0.2) is 5.78 Å². The molecule has 0 N–H and O–H groups in total. The number of ketones is 1. The minimum atomic E-state index is -0.649. The Morgan fingerprint density at radius 1 is 1.00 bits per heavy atom. The summed E-state index contributed by atoms with van der Waals surface area (Å²) in [6, 6.07) is 10.8. The third-order valence-electron chi connectivity index (χ3n) is 3.51. The molecule has 0 spiro atoms. The first-order valence-corrected chi connectivity index (χ1v) is 6.43. The van der Waals surface area contributed by atoms with E-state index in [0.29, 0.717) is 17.6 Å². The second-order valence-electron chi connectivity index (χ2n) is 4.82. The van der Waals surface area contributed by atoms with Gasteiger partial charge in [-0.3, -0.25) is 4.79 Å². The van der Waals surface area contributed by atoms with Gasteiger partial charge in [-0.05, 0) is 36.6 Å². The Morgan fingerprint density at radius 3 is 2.60 bits per heavy atom. The summed E-state index contributed by atoms with van der Waals surface area (Å²) >= 11 is 0. The number of Topliss-reactive ketones (excluding diaryl/α,β-unsaturated/α-hetero) is 1. The highest BCUT2D eigenvalue weighted by molar-refractivity contribution is 6.13. The smallest absolute Gasteiger partial charge is 0.189 e. The highest BCUT2D eigenvalue weighted by atomic mass is 19.1. The summed E-state index contributed by atoms with van der Waals surface area (Å²) in [5.41, 5.74) is 2.50. The van der Waals surface area contributed by atoms with Crippen LogP contribution < -0.4 is 0 Å². The Balaban J connectivity index is 2.00. The first-order chi connectivity index (χ1) is 9.65. The zero-order valence-electron chi connectivity index (χ0n) is 10.7. The normalized spacial score (nSPS) is 16.3. The lowest BCUT2D eigenvalue weighted by molar-refractivity contribution is 0.102. The van der Waals surface area contributed by atoms with Gasteiger partial charge in [0.15, 0.2) is 5.78 Å². The van der Waals surface area contributed by atoms with Gasteiger partial charge in [0.05, 0.1) is 0 Å². The predicted molar refractivity (Wildman–Crippen MR) is 73.4 cm³/mol. The summed E-state index contributed by atoms with van der Waals surface area (Å²) in [6.07, 6.45) is 2.86. The van der Waals surface area contributed by atoms with Crippen LogP contribution in [-0.2, 0) is 6.42 Å². The quantitative estimate of drug-likeness (QED) is 0.710. The van der Waals surface area contributed by atoms with Crippen LogP contribution in [0, 0.1) is 11.6 Å². The van der Waals surface area contributed by atoms with E-state index in [1.54, 1.807) is 6.07 Å². The van der Waals surface area contributed by atoms with E-state index in [1.165, 1.54) is 18.2 Å². The maximum atomic E-state index is 13.6. The van der Waals surface area contributed by atoms with Crippen LogP contribution in [0.1, 0.15) is 27.9 Å². The molecule has 0 heterocycles. The van der Waals surface area contributed by atoms with E-state index in [0.717, 1.165) is 18.1 Å². The van der Waals surface area contributed by atoms with Gasteiger partial charge >= 0.3 is 0 Å². The van der Waals surface area contributed by atoms with Crippen LogP contribution in [0.25, 0.3) is 6.08 Å². The fourth-order valence-corrected chi connectivity index (χ4v) is 2.46. The molecule has 3 rings (SSSR count). The maximum absolute atomic E-state index is 13.6. The van der Waals surface area contributed by atoms with Gasteiger partial charge in [0.1, 0.15) is 11.6 Å². The number of allylic oxidation sites excluding steroid dienone is 1. The molecule has 2 aromatic carbocycles. The van der Waals surface area contributed by atoms with Crippen LogP contribution in [0.5, 0.6) is 0 Å². The van der Waals surface area contributed by atoms with Gasteiger partial charge in [0, 0.05) is 22.8 Å². The molecule has 3 heteroatoms. The number of carbonyl (C=O) groups is 1. The molecule has 0 radical (unpaired) electrons. The van der Waals surface area contributed by atoms with E-state index in [2.05, 4.69) is 0 Å². The standard InChI is InChI=1S/C17H12F2O/c18-14-8-7-12(16(19)10-14)9-13-6-5-11-3-1-2-4-15(11)17(13)20/h1-4,7-10H,5-6H2/b13-9+. The number of halogens is 2. The number of fused-ring (bicyclic) bond motifs is 1. The summed E-state index contributed by atoms with van der Waals surface area (Å²) in [5, 5.41) is 0. The van der Waals surface area contributed by atoms with E-state index in [9.17, 15) is 13.6 Å². The average molecular weight is 270 g/mol. The predicted octanol–water partition coefficient (Wildman–Crippen LogP) is 4.18. The van der Waals surface area contributed by atoms with Crippen molar-refractivity contribution in [3.8, 4) is 0 Å². The molecule has 0 fully saturated rings. The molecule has 1 aliphatic rings. The first-order valence-electron chi connectivity index (χ1n) is 6.43. The molecular formula is C17H12F2O. The van der Waals surface area contributed by atoms with Crippen molar-refractivity contribution in [1.82, 2.24) is 0 Å². The highest BCUT2D eigenvalue weighted by Gasteiger charge is 2.21. The molecule has 0 bridgehead atoms. The van der Waals surface area contributed by atoms with Crippen molar-refractivity contribution in [3.63, 3.8) is 0 Å². The van der Waals surface area contributed by atoms with Crippen LogP contribution in [0.15, 0.2) is 48.0 Å². The molecule has 1 nitrogen and oxygen atoms in total. The van der Waals surface area contributed by atoms with Crippen molar-refractivity contribution in [3.05, 3.63) is 76.4 Å². The topological polar surface area (TPSA) is 17.1 Å². The number of hydrogen-bond acceptors (Lipinski definition) is 1. The monoisotopic (exact) mass is 270 g/mol. The molecule has 100 valence electrons. The van der Waals surface area contributed by atoms with Crippen LogP contribution in [0.2, 0.25) is 0 Å². The molecule has 0 saturated carbocycles. The third-order valence-corrected chi connectivity index (χ3v) is 3.51. The molecule has 2 aromatic rings. The fourth-order valence-electron chi connectivity index (χ4n) is 2.46. The second-order valence-corrected chi connectivity index (χ2v) is 4.82. The van der Waals surface area contributed by atoms with Crippen molar-refractivity contribution in [2.75, 3.05) is 0 Å². The van der Waals surface area contributed by atoms with E-state index in [4.69, 9.17) is 0 Å². The molecule has 0 amide bonds. The molecule has 0 aromatic heterocycles. The Labute approximate surface area is 115 Å². The summed E-state index contributed by atoms with van der Waals surface area (Å²) < 4.78 is 26.5. The van der Waals surface area contributed by atoms with E-state index < -0.39 is 11.6 Å². The van der Waals surface area contributed by atoms with Gasteiger partial charge in [-0.15, -0.1) is 0 Å². The SMILES string of the molecule is O=C1/C(=C/c2ccc(F)cc2F)CCc2ccccc21. The summed E-state index contributed by atoms with van der Waals surface area (Å²) in [4.78, 5) is 12.3. The van der Waals surface area contributed by atoms with E-state index >= 15 is 0 Å². The number of hydrogen-bond donors (Lipinski definition) is 0. The minimum absolute atomic E-state index is 0.0735. The Kier molecular flexibility index (Phi) is 3.18.